The molecule has 0 spiro atoms. The van der Waals surface area contributed by atoms with Crippen molar-refractivity contribution in [1.29, 1.82) is 0 Å². The van der Waals surface area contributed by atoms with Crippen LogP contribution in [0.4, 0.5) is 0 Å². The third-order valence-corrected chi connectivity index (χ3v) is 1.84. The number of hydrogen-bond acceptors (Lipinski definition) is 3. The average molecular weight is 155 g/mol. The molecule has 0 fully saturated rings. The molecule has 48 valence electrons. The molecule has 0 saturated heterocycles. The van der Waals surface area contributed by atoms with E-state index in [4.69, 9.17) is 4.55 Å². The van der Waals surface area contributed by atoms with E-state index in [9.17, 15) is 9.00 Å². The Morgan fingerprint density at radius 3 is 2.25 bits per heavy atom. The van der Waals surface area contributed by atoms with Crippen LogP contribution in [0.5, 0.6) is 0 Å². The van der Waals surface area contributed by atoms with E-state index < -0.39 is 21.6 Å². The van der Waals surface area contributed by atoms with Crippen molar-refractivity contribution >= 4 is 29.6 Å². The van der Waals surface area contributed by atoms with Crippen molar-refractivity contribution in [3.05, 3.63) is 0 Å². The maximum absolute atomic E-state index is 9.93. The van der Waals surface area contributed by atoms with Gasteiger partial charge < -0.3 is 10.3 Å². The summed E-state index contributed by atoms with van der Waals surface area (Å²) in [6, 6.07) is 0. The highest BCUT2D eigenvalue weighted by Crippen LogP contribution is 1.95. The SMILES string of the molecule is NC(=O)C(S)S(=O)O. The number of primary amides is 1. The number of amides is 1. The molecule has 0 aromatic rings. The third-order valence-electron chi connectivity index (χ3n) is 0.434. The number of carbonyl (C=O) groups is 1. The molecule has 2 atom stereocenters. The Morgan fingerprint density at radius 2 is 2.25 bits per heavy atom. The van der Waals surface area contributed by atoms with Gasteiger partial charge in [-0.3, -0.25) is 4.79 Å². The molecule has 2 unspecified atom stereocenters. The lowest BCUT2D eigenvalue weighted by atomic mass is 10.8. The summed E-state index contributed by atoms with van der Waals surface area (Å²) < 4.78 is 16.7. The molecule has 1 amide bonds. The van der Waals surface area contributed by atoms with E-state index in [0.29, 0.717) is 0 Å². The first kappa shape index (κ1) is 7.93. The Bertz CT molecular complexity index is 110. The minimum absolute atomic E-state index is 0.894. The minimum atomic E-state index is -2.25. The maximum Gasteiger partial charge on any atom is 0.245 e. The standard InChI is InChI=1S/C2H5NO3S2/c3-1(4)2(7)8(5)6/h2,7H,(H2,3,4)(H,5,6). The number of nitrogens with two attached hydrogens (primary N) is 1. The fourth-order valence-electron chi connectivity index (χ4n) is 0.0994. The zero-order valence-electron chi connectivity index (χ0n) is 3.77. The third kappa shape index (κ3) is 2.29. The van der Waals surface area contributed by atoms with Crippen molar-refractivity contribution in [2.45, 2.75) is 4.58 Å². The molecule has 6 heteroatoms. The normalized spacial score (nSPS) is 17.2. The van der Waals surface area contributed by atoms with Gasteiger partial charge in [0, 0.05) is 0 Å². The van der Waals surface area contributed by atoms with Gasteiger partial charge in [-0.05, 0) is 0 Å². The van der Waals surface area contributed by atoms with E-state index in [1.165, 1.54) is 0 Å². The fourth-order valence-corrected chi connectivity index (χ4v) is 0.298. The van der Waals surface area contributed by atoms with Gasteiger partial charge in [-0.2, -0.15) is 12.6 Å². The van der Waals surface area contributed by atoms with Crippen LogP contribution in [0.1, 0.15) is 0 Å². The van der Waals surface area contributed by atoms with Crippen molar-refractivity contribution in [2.75, 3.05) is 0 Å². The average Bonchev–Trinajstić information content (AvgIpc) is 1.64. The van der Waals surface area contributed by atoms with Crippen LogP contribution in [0.2, 0.25) is 0 Å². The molecule has 0 bridgehead atoms. The van der Waals surface area contributed by atoms with Gasteiger partial charge in [-0.25, -0.2) is 4.21 Å². The summed E-state index contributed by atoms with van der Waals surface area (Å²) >= 11 is 1.14. The first-order valence-electron chi connectivity index (χ1n) is 1.62. The quantitative estimate of drug-likeness (QED) is 0.351. The Balaban J connectivity index is 3.83. The number of hydrogen-bond donors (Lipinski definition) is 3. The summed E-state index contributed by atoms with van der Waals surface area (Å²) in [5.41, 5.74) is 4.57. The molecule has 0 aliphatic heterocycles. The molecule has 0 saturated carbocycles. The lowest BCUT2D eigenvalue weighted by Gasteiger charge is -1.96. The lowest BCUT2D eigenvalue weighted by Crippen LogP contribution is -2.27. The lowest BCUT2D eigenvalue weighted by molar-refractivity contribution is -0.116. The first-order chi connectivity index (χ1) is 3.55. The van der Waals surface area contributed by atoms with Crippen LogP contribution in [-0.2, 0) is 15.9 Å². The van der Waals surface area contributed by atoms with Crippen LogP contribution in [0.15, 0.2) is 0 Å². The van der Waals surface area contributed by atoms with Crippen LogP contribution >= 0.6 is 12.6 Å². The topological polar surface area (TPSA) is 80.4 Å². The number of rotatable bonds is 2. The van der Waals surface area contributed by atoms with Crippen molar-refractivity contribution in [3.8, 4) is 0 Å². The molecular formula is C2H5NO3S2. The van der Waals surface area contributed by atoms with Crippen LogP contribution in [-0.4, -0.2) is 19.3 Å². The second-order valence-electron chi connectivity index (χ2n) is 1.03. The Morgan fingerprint density at radius 1 is 1.88 bits per heavy atom. The molecule has 0 heterocycles. The summed E-state index contributed by atoms with van der Waals surface area (Å²) in [5, 5.41) is 0. The van der Waals surface area contributed by atoms with E-state index >= 15 is 0 Å². The number of carbonyl (C=O) groups excluding carboxylic acids is 1. The van der Waals surface area contributed by atoms with Gasteiger partial charge in [0.1, 0.15) is 0 Å². The Labute approximate surface area is 54.1 Å². The molecule has 0 aromatic carbocycles. The van der Waals surface area contributed by atoms with E-state index in [-0.39, 0.29) is 0 Å². The van der Waals surface area contributed by atoms with Gasteiger partial charge in [-0.1, -0.05) is 0 Å². The molecule has 4 nitrogen and oxygen atoms in total. The molecule has 0 aliphatic carbocycles. The van der Waals surface area contributed by atoms with Crippen molar-refractivity contribution in [1.82, 2.24) is 0 Å². The molecule has 3 N–H and O–H groups in total. The van der Waals surface area contributed by atoms with Crippen molar-refractivity contribution < 1.29 is 13.6 Å². The van der Waals surface area contributed by atoms with E-state index in [0.717, 1.165) is 0 Å². The molecule has 0 aliphatic rings. The van der Waals surface area contributed by atoms with Crippen LogP contribution < -0.4 is 5.73 Å². The number of thiol groups is 1. The summed E-state index contributed by atoms with van der Waals surface area (Å²) in [6.07, 6.45) is 0. The van der Waals surface area contributed by atoms with Gasteiger partial charge in [0.25, 0.3) is 0 Å². The first-order valence-corrected chi connectivity index (χ1v) is 3.31. The van der Waals surface area contributed by atoms with Gasteiger partial charge in [0.15, 0.2) is 15.7 Å². The summed E-state index contributed by atoms with van der Waals surface area (Å²) in [6.45, 7) is 0. The van der Waals surface area contributed by atoms with Crippen LogP contribution in [0.25, 0.3) is 0 Å². The highest BCUT2D eigenvalue weighted by atomic mass is 32.2. The maximum atomic E-state index is 9.93. The van der Waals surface area contributed by atoms with Gasteiger partial charge in [-0.15, -0.1) is 0 Å². The minimum Gasteiger partial charge on any atom is -0.368 e. The van der Waals surface area contributed by atoms with Gasteiger partial charge in [0.05, 0.1) is 0 Å². The zero-order valence-corrected chi connectivity index (χ0v) is 5.48. The van der Waals surface area contributed by atoms with Gasteiger partial charge >= 0.3 is 0 Å². The molecule has 0 rings (SSSR count). The summed E-state index contributed by atoms with van der Waals surface area (Å²) in [5.74, 6) is -0.894. The van der Waals surface area contributed by atoms with Crippen LogP contribution in [0, 0.1) is 0 Å². The molecular weight excluding hydrogens is 150 g/mol. The second-order valence-corrected chi connectivity index (χ2v) is 2.92. The van der Waals surface area contributed by atoms with E-state index in [1.807, 2.05) is 0 Å². The highest BCUT2D eigenvalue weighted by molar-refractivity contribution is 7.99. The largest absolute Gasteiger partial charge is 0.368 e. The predicted molar refractivity (Wildman–Crippen MR) is 32.7 cm³/mol. The molecule has 0 aromatic heterocycles. The molecule has 0 radical (unpaired) electrons. The second kappa shape index (κ2) is 3.06. The zero-order chi connectivity index (χ0) is 6.73. The fraction of sp³-hybridized carbons (Fsp3) is 0.500. The predicted octanol–water partition coefficient (Wildman–Crippen LogP) is -1.05. The molecule has 8 heavy (non-hydrogen) atoms. The van der Waals surface area contributed by atoms with E-state index in [2.05, 4.69) is 18.4 Å². The van der Waals surface area contributed by atoms with Gasteiger partial charge in [0.2, 0.25) is 5.91 Å². The van der Waals surface area contributed by atoms with Crippen molar-refractivity contribution in [2.24, 2.45) is 5.73 Å². The van der Waals surface area contributed by atoms with Crippen molar-refractivity contribution in [3.63, 3.8) is 0 Å². The Kier molecular flexibility index (Phi) is 3.03. The van der Waals surface area contributed by atoms with E-state index in [1.54, 1.807) is 0 Å². The summed E-state index contributed by atoms with van der Waals surface area (Å²) in [4.78, 5) is 9.93. The van der Waals surface area contributed by atoms with Crippen LogP contribution in [0.3, 0.4) is 0 Å². The smallest absolute Gasteiger partial charge is 0.245 e. The highest BCUT2D eigenvalue weighted by Gasteiger charge is 2.14. The monoisotopic (exact) mass is 155 g/mol. The summed E-state index contributed by atoms with van der Waals surface area (Å²) in [7, 11) is 0. The Hall–Kier alpha value is -0.0700.